The number of nitrogens with zero attached hydrogens (tertiary/aromatic N) is 1. The molecule has 3 atom stereocenters. The Morgan fingerprint density at radius 1 is 1.32 bits per heavy atom. The Kier molecular flexibility index (Phi) is 7.42. The fourth-order valence-electron chi connectivity index (χ4n) is 3.12. The molecule has 0 saturated carbocycles. The van der Waals surface area contributed by atoms with E-state index in [1.807, 2.05) is 4.72 Å². The number of hydrogen-bond donors (Lipinski definition) is 2. The van der Waals surface area contributed by atoms with Crippen LogP contribution in [0.1, 0.15) is 30.1 Å². The average Bonchev–Trinajstić information content (AvgIpc) is 3.16. The Morgan fingerprint density at radius 3 is 2.57 bits per heavy atom. The van der Waals surface area contributed by atoms with Crippen LogP contribution in [0, 0.1) is 5.92 Å². The lowest BCUT2D eigenvalue weighted by Crippen LogP contribution is -2.50. The van der Waals surface area contributed by atoms with Crippen molar-refractivity contribution in [2.24, 2.45) is 5.92 Å². The maximum absolute atomic E-state index is 12.9. The lowest BCUT2D eigenvalue weighted by Gasteiger charge is -2.28. The molecule has 2 rings (SSSR count). The highest BCUT2D eigenvalue weighted by atomic mass is 32.2. The third kappa shape index (κ3) is 5.23. The van der Waals surface area contributed by atoms with Gasteiger partial charge in [-0.2, -0.15) is 12.6 Å². The molecule has 152 valence electrons. The van der Waals surface area contributed by atoms with Crippen LogP contribution in [0.25, 0.3) is 0 Å². The number of benzene rings is 1. The number of hydrogen-bond acceptors (Lipinski definition) is 6. The first-order valence-electron chi connectivity index (χ1n) is 8.91. The van der Waals surface area contributed by atoms with Crippen LogP contribution in [-0.2, 0) is 19.6 Å². The fraction of sp³-hybridized carbons (Fsp3) is 0.421. The van der Waals surface area contributed by atoms with E-state index in [2.05, 4.69) is 19.2 Å². The summed E-state index contributed by atoms with van der Waals surface area (Å²) in [7, 11) is -3.83. The zero-order chi connectivity index (χ0) is 20.9. The summed E-state index contributed by atoms with van der Waals surface area (Å²) in [4.78, 5) is 39.2. The van der Waals surface area contributed by atoms with Gasteiger partial charge in [0.2, 0.25) is 15.9 Å². The van der Waals surface area contributed by atoms with Crippen molar-refractivity contribution in [1.82, 2.24) is 9.62 Å². The van der Waals surface area contributed by atoms with E-state index in [1.165, 1.54) is 11.0 Å². The van der Waals surface area contributed by atoms with Crippen LogP contribution in [0.2, 0.25) is 0 Å². The smallest absolute Gasteiger partial charge is 0.256 e. The molecule has 0 aliphatic carbocycles. The van der Waals surface area contributed by atoms with Gasteiger partial charge < -0.3 is 4.90 Å². The Bertz CT molecular complexity index is 854. The van der Waals surface area contributed by atoms with Crippen LogP contribution in [0.3, 0.4) is 0 Å². The van der Waals surface area contributed by atoms with Gasteiger partial charge in [0.1, 0.15) is 6.04 Å². The Morgan fingerprint density at radius 2 is 1.96 bits per heavy atom. The summed E-state index contributed by atoms with van der Waals surface area (Å²) in [6, 6.07) is 7.66. The van der Waals surface area contributed by atoms with Crippen LogP contribution in [-0.4, -0.2) is 54.5 Å². The van der Waals surface area contributed by atoms with E-state index >= 15 is 0 Å². The molecule has 1 heterocycles. The number of amides is 2. The molecule has 1 aromatic carbocycles. The monoisotopic (exact) mass is 424 g/mol. The molecule has 0 spiro atoms. The maximum Gasteiger partial charge on any atom is 0.256 e. The van der Waals surface area contributed by atoms with E-state index in [0.717, 1.165) is 0 Å². The zero-order valence-electron chi connectivity index (χ0n) is 15.6. The van der Waals surface area contributed by atoms with Crippen LogP contribution in [0.5, 0.6) is 0 Å². The minimum absolute atomic E-state index is 0.279. The fourth-order valence-corrected chi connectivity index (χ4v) is 4.23. The Balaban J connectivity index is 2.10. The molecule has 2 amide bonds. The van der Waals surface area contributed by atoms with E-state index in [1.54, 1.807) is 37.3 Å². The number of thiol groups is 1. The SMILES string of the molecule is C=CCS(=O)(=O)NC(=O)C1CCCN1C(=O)[C@H](C)C(S)C(=O)c1ccccc1. The molecule has 9 heteroatoms. The van der Waals surface area contributed by atoms with Crippen molar-refractivity contribution in [2.75, 3.05) is 12.3 Å². The third-order valence-electron chi connectivity index (χ3n) is 4.62. The molecule has 28 heavy (non-hydrogen) atoms. The first-order chi connectivity index (χ1) is 13.2. The molecular formula is C19H24N2O5S2. The highest BCUT2D eigenvalue weighted by Gasteiger charge is 2.39. The number of rotatable bonds is 8. The van der Waals surface area contributed by atoms with Crippen molar-refractivity contribution in [3.63, 3.8) is 0 Å². The molecule has 1 aliphatic rings. The van der Waals surface area contributed by atoms with E-state index in [0.29, 0.717) is 24.9 Å². The van der Waals surface area contributed by atoms with Gasteiger partial charge in [-0.3, -0.25) is 19.1 Å². The molecule has 1 aliphatic heterocycles. The number of ketones is 1. The van der Waals surface area contributed by atoms with Crippen molar-refractivity contribution in [3.8, 4) is 0 Å². The van der Waals surface area contributed by atoms with Crippen molar-refractivity contribution in [3.05, 3.63) is 48.6 Å². The second-order valence-corrected chi connectivity index (χ2v) is 9.01. The van der Waals surface area contributed by atoms with Crippen molar-refractivity contribution in [1.29, 1.82) is 0 Å². The van der Waals surface area contributed by atoms with E-state index in [4.69, 9.17) is 0 Å². The standard InChI is InChI=1S/C19H24N2O5S2/c1-3-12-28(25,26)20-18(23)15-10-7-11-21(15)19(24)13(2)17(27)16(22)14-8-5-4-6-9-14/h3-6,8-9,13,15,17,27H,1,7,10-12H2,2H3,(H,20,23)/t13-,15?,17?/m1/s1. The van der Waals surface area contributed by atoms with Gasteiger partial charge in [-0.15, -0.1) is 6.58 Å². The summed E-state index contributed by atoms with van der Waals surface area (Å²) < 4.78 is 25.6. The van der Waals surface area contributed by atoms with E-state index in [9.17, 15) is 22.8 Å². The van der Waals surface area contributed by atoms with Crippen LogP contribution < -0.4 is 4.72 Å². The molecule has 0 aromatic heterocycles. The minimum Gasteiger partial charge on any atom is -0.330 e. The molecule has 1 saturated heterocycles. The summed E-state index contributed by atoms with van der Waals surface area (Å²) >= 11 is 4.34. The quantitative estimate of drug-likeness (QED) is 0.374. The predicted octanol–water partition coefficient (Wildman–Crippen LogP) is 1.43. The van der Waals surface area contributed by atoms with Gasteiger partial charge in [0.25, 0.3) is 5.91 Å². The number of sulfonamides is 1. The Labute approximate surface area is 170 Å². The highest BCUT2D eigenvalue weighted by molar-refractivity contribution is 7.90. The number of nitrogens with one attached hydrogen (secondary N) is 1. The Hall–Kier alpha value is -2.13. The summed E-state index contributed by atoms with van der Waals surface area (Å²) in [5, 5.41) is -0.872. The van der Waals surface area contributed by atoms with Gasteiger partial charge in [-0.25, -0.2) is 8.42 Å². The summed E-state index contributed by atoms with van der Waals surface area (Å²) in [6.45, 7) is 5.25. The lowest BCUT2D eigenvalue weighted by atomic mass is 9.97. The summed E-state index contributed by atoms with van der Waals surface area (Å²) in [5.41, 5.74) is 0.452. The first kappa shape index (κ1) is 22.2. The van der Waals surface area contributed by atoms with Crippen LogP contribution >= 0.6 is 12.6 Å². The molecule has 2 unspecified atom stereocenters. The number of likely N-dealkylation sites (tertiary alicyclic amines) is 1. The summed E-state index contributed by atoms with van der Waals surface area (Å²) in [6.07, 6.45) is 2.11. The minimum atomic E-state index is -3.83. The molecule has 0 radical (unpaired) electrons. The van der Waals surface area contributed by atoms with Gasteiger partial charge in [0.05, 0.1) is 16.9 Å². The number of carbonyl (C=O) groups excluding carboxylic acids is 3. The summed E-state index contributed by atoms with van der Waals surface area (Å²) in [5.74, 6) is -2.58. The lowest BCUT2D eigenvalue weighted by molar-refractivity contribution is -0.140. The normalized spacial score (nSPS) is 18.9. The van der Waals surface area contributed by atoms with Gasteiger partial charge in [0.15, 0.2) is 5.78 Å². The molecule has 7 nitrogen and oxygen atoms in total. The predicted molar refractivity (Wildman–Crippen MR) is 110 cm³/mol. The second kappa shape index (κ2) is 9.38. The molecule has 1 aromatic rings. The van der Waals surface area contributed by atoms with Gasteiger partial charge in [-0.05, 0) is 12.8 Å². The van der Waals surface area contributed by atoms with Crippen molar-refractivity contribution >= 4 is 40.2 Å². The third-order valence-corrected chi connectivity index (χ3v) is 6.49. The van der Waals surface area contributed by atoms with E-state index in [-0.39, 0.29) is 11.5 Å². The number of carbonyl (C=O) groups is 3. The van der Waals surface area contributed by atoms with Crippen molar-refractivity contribution < 1.29 is 22.8 Å². The topological polar surface area (TPSA) is 101 Å². The van der Waals surface area contributed by atoms with E-state index < -0.39 is 39.0 Å². The number of Topliss-reactive ketones (excluding diaryl/α,β-unsaturated/α-hetero) is 1. The largest absolute Gasteiger partial charge is 0.330 e. The first-order valence-corrected chi connectivity index (χ1v) is 11.1. The van der Waals surface area contributed by atoms with Gasteiger partial charge >= 0.3 is 0 Å². The van der Waals surface area contributed by atoms with Gasteiger partial charge in [-0.1, -0.05) is 43.3 Å². The van der Waals surface area contributed by atoms with Crippen molar-refractivity contribution in [2.45, 2.75) is 31.1 Å². The maximum atomic E-state index is 12.9. The molecular weight excluding hydrogens is 400 g/mol. The second-order valence-electron chi connectivity index (χ2n) is 6.69. The van der Waals surface area contributed by atoms with Gasteiger partial charge in [0, 0.05) is 12.1 Å². The highest BCUT2D eigenvalue weighted by Crippen LogP contribution is 2.24. The average molecular weight is 425 g/mol. The molecule has 1 fully saturated rings. The van der Waals surface area contributed by atoms with Crippen LogP contribution in [0.4, 0.5) is 0 Å². The molecule has 0 bridgehead atoms. The van der Waals surface area contributed by atoms with Crippen LogP contribution in [0.15, 0.2) is 43.0 Å². The molecule has 1 N–H and O–H groups in total. The zero-order valence-corrected chi connectivity index (χ0v) is 17.3.